The first kappa shape index (κ1) is 23.1. The molecule has 0 atom stereocenters. The Morgan fingerprint density at radius 1 is 1.21 bits per heavy atom. The van der Waals surface area contributed by atoms with Gasteiger partial charge >= 0.3 is 5.97 Å². The van der Waals surface area contributed by atoms with E-state index >= 15 is 0 Å². The van der Waals surface area contributed by atoms with Gasteiger partial charge in [-0.2, -0.15) is 5.10 Å². The van der Waals surface area contributed by atoms with E-state index in [0.717, 1.165) is 22.6 Å². The van der Waals surface area contributed by atoms with Crippen LogP contribution >= 0.6 is 11.3 Å². The molecule has 4 aromatic rings. The number of primary amides is 1. The number of ether oxygens (including phenoxy) is 1. The monoisotopic (exact) mass is 477 g/mol. The van der Waals surface area contributed by atoms with Crippen LogP contribution in [0.25, 0.3) is 22.2 Å². The van der Waals surface area contributed by atoms with Crippen molar-refractivity contribution >= 4 is 45.0 Å². The first-order valence-electron chi connectivity index (χ1n) is 10.5. The molecule has 0 spiro atoms. The summed E-state index contributed by atoms with van der Waals surface area (Å²) in [5, 5.41) is 8.10. The molecule has 0 saturated carbocycles. The molecule has 0 unspecified atom stereocenters. The van der Waals surface area contributed by atoms with Crippen LogP contribution in [0.5, 0.6) is 0 Å². The van der Waals surface area contributed by atoms with Gasteiger partial charge in [0.05, 0.1) is 40.0 Å². The van der Waals surface area contributed by atoms with E-state index in [0.29, 0.717) is 34.3 Å². The number of carbonyl (C=O) groups excluding carboxylic acids is 3. The first-order valence-corrected chi connectivity index (χ1v) is 11.3. The highest BCUT2D eigenvalue weighted by molar-refractivity contribution is 7.18. The average molecular weight is 478 g/mol. The second-order valence-electron chi connectivity index (χ2n) is 7.63. The predicted molar refractivity (Wildman–Crippen MR) is 130 cm³/mol. The van der Waals surface area contributed by atoms with Crippen molar-refractivity contribution in [1.29, 1.82) is 0 Å². The fraction of sp³-hybridized carbons (Fsp3) is 0.208. The maximum Gasteiger partial charge on any atom is 0.341 e. The van der Waals surface area contributed by atoms with Crippen molar-refractivity contribution in [3.8, 4) is 11.3 Å². The second-order valence-corrected chi connectivity index (χ2v) is 8.65. The number of rotatable bonds is 6. The zero-order valence-corrected chi connectivity index (χ0v) is 19.9. The minimum atomic E-state index is -0.687. The van der Waals surface area contributed by atoms with E-state index in [1.165, 1.54) is 7.11 Å². The van der Waals surface area contributed by atoms with Crippen molar-refractivity contribution in [2.75, 3.05) is 12.4 Å². The number of para-hydroxylation sites is 1. The molecule has 0 aliphatic heterocycles. The van der Waals surface area contributed by atoms with Crippen LogP contribution in [0.4, 0.5) is 5.00 Å². The van der Waals surface area contributed by atoms with Crippen LogP contribution in [0.1, 0.15) is 48.6 Å². The summed E-state index contributed by atoms with van der Waals surface area (Å²) in [6, 6.07) is 9.00. The Hall–Kier alpha value is -4.05. The highest BCUT2D eigenvalue weighted by Gasteiger charge is 2.26. The molecule has 0 saturated heterocycles. The number of fused-ring (bicyclic) bond motifs is 1. The lowest BCUT2D eigenvalue weighted by Gasteiger charge is -2.10. The molecule has 3 heterocycles. The highest BCUT2D eigenvalue weighted by Crippen LogP contribution is 2.34. The topological polar surface area (TPSA) is 129 Å². The molecule has 1 aromatic carbocycles. The lowest BCUT2D eigenvalue weighted by Crippen LogP contribution is -2.15. The van der Waals surface area contributed by atoms with Gasteiger partial charge in [0.15, 0.2) is 0 Å². The molecule has 0 aliphatic rings. The minimum absolute atomic E-state index is 0.105. The van der Waals surface area contributed by atoms with Gasteiger partial charge in [-0.05, 0) is 38.5 Å². The van der Waals surface area contributed by atoms with Gasteiger partial charge < -0.3 is 15.8 Å². The number of esters is 1. The number of benzene rings is 1. The number of nitrogens with two attached hydrogens (primary N) is 1. The Morgan fingerprint density at radius 2 is 1.94 bits per heavy atom. The number of hydrogen-bond acceptors (Lipinski definition) is 7. The minimum Gasteiger partial charge on any atom is -0.465 e. The molecule has 0 fully saturated rings. The van der Waals surface area contributed by atoms with Gasteiger partial charge in [-0.1, -0.05) is 18.2 Å². The lowest BCUT2D eigenvalue weighted by molar-refractivity contribution is 0.0601. The Morgan fingerprint density at radius 3 is 2.59 bits per heavy atom. The number of aromatic nitrogens is 3. The summed E-state index contributed by atoms with van der Waals surface area (Å²) in [5.74, 6) is -1.81. The summed E-state index contributed by atoms with van der Waals surface area (Å²) in [6.07, 6.45) is 1.89. The summed E-state index contributed by atoms with van der Waals surface area (Å²) in [7, 11) is 1.23. The molecule has 174 valence electrons. The smallest absolute Gasteiger partial charge is 0.341 e. The fourth-order valence-electron chi connectivity index (χ4n) is 3.79. The Balaban J connectivity index is 1.84. The van der Waals surface area contributed by atoms with Gasteiger partial charge in [0.1, 0.15) is 5.00 Å². The molecule has 0 aliphatic carbocycles. The number of aryl methyl sites for hydroxylation is 2. The third-order valence-corrected chi connectivity index (χ3v) is 6.72. The summed E-state index contributed by atoms with van der Waals surface area (Å²) < 4.78 is 6.67. The summed E-state index contributed by atoms with van der Waals surface area (Å²) in [5.41, 5.74) is 9.15. The van der Waals surface area contributed by atoms with E-state index in [-0.39, 0.29) is 15.4 Å². The van der Waals surface area contributed by atoms with Gasteiger partial charge in [0.2, 0.25) is 0 Å². The molecule has 0 bridgehead atoms. The van der Waals surface area contributed by atoms with Crippen LogP contribution in [0.15, 0.2) is 36.5 Å². The van der Waals surface area contributed by atoms with Crippen LogP contribution in [-0.4, -0.2) is 39.7 Å². The third-order valence-electron chi connectivity index (χ3n) is 5.49. The van der Waals surface area contributed by atoms with Gasteiger partial charge in [-0.15, -0.1) is 11.3 Å². The van der Waals surface area contributed by atoms with Crippen LogP contribution in [-0.2, 0) is 11.3 Å². The van der Waals surface area contributed by atoms with Crippen LogP contribution < -0.4 is 11.1 Å². The SMILES string of the molecule is CCn1cc(-c2cc(C(=O)Nc3sc(C(N)=O)c(C)c3C(=O)OC)c3ccccc3n2)c(C)n1. The van der Waals surface area contributed by atoms with E-state index in [9.17, 15) is 14.4 Å². The standard InChI is InChI=1S/C24H23N5O4S/c1-5-29-11-16(13(3)28-29)18-10-15(14-8-6-7-9-17(14)26-18)22(31)27-23-19(24(32)33-4)12(2)20(34-23)21(25)30/h6-11H,5H2,1-4H3,(H2,25,30)(H,27,31). The molecule has 2 amide bonds. The largest absolute Gasteiger partial charge is 0.465 e. The number of amides is 2. The number of nitrogens with one attached hydrogen (secondary N) is 1. The first-order chi connectivity index (χ1) is 16.2. The molecular weight excluding hydrogens is 454 g/mol. The lowest BCUT2D eigenvalue weighted by atomic mass is 10.0. The van der Waals surface area contributed by atoms with Crippen molar-refractivity contribution < 1.29 is 19.1 Å². The Bertz CT molecular complexity index is 1450. The van der Waals surface area contributed by atoms with E-state index in [4.69, 9.17) is 15.5 Å². The molecule has 0 radical (unpaired) electrons. The van der Waals surface area contributed by atoms with Crippen LogP contribution in [0, 0.1) is 13.8 Å². The average Bonchev–Trinajstić information content (AvgIpc) is 3.37. The number of pyridine rings is 1. The quantitative estimate of drug-likeness (QED) is 0.405. The van der Waals surface area contributed by atoms with Crippen molar-refractivity contribution in [2.45, 2.75) is 27.3 Å². The van der Waals surface area contributed by atoms with Gasteiger partial charge in [-0.25, -0.2) is 9.78 Å². The zero-order valence-electron chi connectivity index (χ0n) is 19.1. The number of thiophene rings is 1. The number of methoxy groups -OCH3 is 1. The predicted octanol–water partition coefficient (Wildman–Crippen LogP) is 3.93. The van der Waals surface area contributed by atoms with E-state index < -0.39 is 17.8 Å². The Kier molecular flexibility index (Phi) is 6.16. The van der Waals surface area contributed by atoms with Gasteiger partial charge in [0, 0.05) is 23.7 Å². The molecule has 4 rings (SSSR count). The fourth-order valence-corrected chi connectivity index (χ4v) is 4.83. The third kappa shape index (κ3) is 4.03. The highest BCUT2D eigenvalue weighted by atomic mass is 32.1. The Labute approximate surface area is 199 Å². The van der Waals surface area contributed by atoms with E-state index in [1.807, 2.05) is 42.9 Å². The number of anilines is 1. The second kappa shape index (κ2) is 9.06. The van der Waals surface area contributed by atoms with Crippen molar-refractivity contribution in [1.82, 2.24) is 14.8 Å². The number of hydrogen-bond donors (Lipinski definition) is 2. The van der Waals surface area contributed by atoms with Crippen LogP contribution in [0.2, 0.25) is 0 Å². The maximum atomic E-state index is 13.5. The summed E-state index contributed by atoms with van der Waals surface area (Å²) in [6.45, 7) is 6.18. The van der Waals surface area contributed by atoms with Gasteiger partial charge in [0.25, 0.3) is 11.8 Å². The molecule has 3 N–H and O–H groups in total. The molecule has 34 heavy (non-hydrogen) atoms. The van der Waals surface area contributed by atoms with Crippen molar-refractivity contribution in [3.63, 3.8) is 0 Å². The summed E-state index contributed by atoms with van der Waals surface area (Å²) in [4.78, 5) is 42.6. The molecule has 3 aromatic heterocycles. The van der Waals surface area contributed by atoms with Crippen LogP contribution in [0.3, 0.4) is 0 Å². The normalized spacial score (nSPS) is 10.9. The van der Waals surface area contributed by atoms with E-state index in [1.54, 1.807) is 19.1 Å². The van der Waals surface area contributed by atoms with Gasteiger partial charge in [-0.3, -0.25) is 14.3 Å². The molecule has 9 nitrogen and oxygen atoms in total. The number of carbonyl (C=O) groups is 3. The molecule has 10 heteroatoms. The number of nitrogens with zero attached hydrogens (tertiary/aromatic N) is 3. The molecular formula is C24H23N5O4S. The van der Waals surface area contributed by atoms with E-state index in [2.05, 4.69) is 10.4 Å². The van der Waals surface area contributed by atoms with Crippen molar-refractivity contribution in [2.24, 2.45) is 5.73 Å². The zero-order chi connectivity index (χ0) is 24.6. The summed E-state index contributed by atoms with van der Waals surface area (Å²) >= 11 is 0.939. The van der Waals surface area contributed by atoms with Crippen molar-refractivity contribution in [3.05, 3.63) is 63.8 Å². The maximum absolute atomic E-state index is 13.5.